The van der Waals surface area contributed by atoms with Crippen molar-refractivity contribution in [2.75, 3.05) is 44.2 Å². The van der Waals surface area contributed by atoms with Gasteiger partial charge >= 0.3 is 0 Å². The van der Waals surface area contributed by atoms with Crippen LogP contribution in [0.2, 0.25) is 0 Å². The van der Waals surface area contributed by atoms with Gasteiger partial charge in [-0.25, -0.2) is 8.42 Å². The molecule has 2 aromatic rings. The molecular weight excluding hydrogens is 398 g/mol. The SMILES string of the molecule is O=C(CC1CCN(S(=O)(=O)c2ccccc2)CC1)N1CCN(c2ccccc2)CC1. The molecule has 1 amide bonds. The maximum absolute atomic E-state index is 12.8. The quantitative estimate of drug-likeness (QED) is 0.736. The van der Waals surface area contributed by atoms with E-state index >= 15 is 0 Å². The Kier molecular flexibility index (Phi) is 6.39. The van der Waals surface area contributed by atoms with Crippen LogP contribution < -0.4 is 4.90 Å². The van der Waals surface area contributed by atoms with Crippen LogP contribution in [0.25, 0.3) is 0 Å². The van der Waals surface area contributed by atoms with E-state index in [1.165, 1.54) is 5.69 Å². The topological polar surface area (TPSA) is 60.9 Å². The van der Waals surface area contributed by atoms with Crippen LogP contribution in [0.1, 0.15) is 19.3 Å². The van der Waals surface area contributed by atoms with Crippen molar-refractivity contribution >= 4 is 21.6 Å². The molecule has 30 heavy (non-hydrogen) atoms. The molecular formula is C23H29N3O3S. The minimum absolute atomic E-state index is 0.201. The average Bonchev–Trinajstić information content (AvgIpc) is 2.81. The summed E-state index contributed by atoms with van der Waals surface area (Å²) in [5.41, 5.74) is 1.21. The second-order valence-electron chi connectivity index (χ2n) is 8.07. The molecule has 2 aliphatic rings. The monoisotopic (exact) mass is 427 g/mol. The zero-order chi connectivity index (χ0) is 21.0. The van der Waals surface area contributed by atoms with Crippen molar-refractivity contribution < 1.29 is 13.2 Å². The van der Waals surface area contributed by atoms with Gasteiger partial charge in [0, 0.05) is 51.4 Å². The number of carbonyl (C=O) groups is 1. The van der Waals surface area contributed by atoms with Gasteiger partial charge in [-0.3, -0.25) is 4.79 Å². The molecule has 2 saturated heterocycles. The number of hydrogen-bond donors (Lipinski definition) is 0. The number of piperidine rings is 1. The maximum atomic E-state index is 12.8. The van der Waals surface area contributed by atoms with Crippen molar-refractivity contribution in [3.05, 3.63) is 60.7 Å². The van der Waals surface area contributed by atoms with Crippen molar-refractivity contribution in [3.8, 4) is 0 Å². The van der Waals surface area contributed by atoms with Crippen molar-refractivity contribution in [1.29, 1.82) is 0 Å². The van der Waals surface area contributed by atoms with E-state index in [1.807, 2.05) is 29.2 Å². The molecule has 2 aliphatic heterocycles. The second kappa shape index (κ2) is 9.18. The first-order valence-corrected chi connectivity index (χ1v) is 12.1. The standard InChI is InChI=1S/C23H29N3O3S/c27-23(25-17-15-24(16-18-25)21-7-3-1-4-8-21)19-20-11-13-26(14-12-20)30(28,29)22-9-5-2-6-10-22/h1-10,20H,11-19H2. The number of sulfonamides is 1. The summed E-state index contributed by atoms with van der Waals surface area (Å²) in [5.74, 6) is 0.457. The Morgan fingerprint density at radius 3 is 1.97 bits per heavy atom. The normalized spacial score (nSPS) is 19.1. The van der Waals surface area contributed by atoms with E-state index in [4.69, 9.17) is 0 Å². The fraction of sp³-hybridized carbons (Fsp3) is 0.435. The molecule has 2 fully saturated rings. The summed E-state index contributed by atoms with van der Waals surface area (Å²) < 4.78 is 27.1. The number of hydrogen-bond acceptors (Lipinski definition) is 4. The van der Waals surface area contributed by atoms with Crippen LogP contribution in [0.15, 0.2) is 65.6 Å². The van der Waals surface area contributed by atoms with Gasteiger partial charge < -0.3 is 9.80 Å². The molecule has 0 atom stereocenters. The number of amides is 1. The Balaban J connectivity index is 1.25. The number of carbonyl (C=O) groups excluding carboxylic acids is 1. The molecule has 0 saturated carbocycles. The molecule has 0 unspecified atom stereocenters. The highest BCUT2D eigenvalue weighted by Gasteiger charge is 2.31. The van der Waals surface area contributed by atoms with Crippen LogP contribution in [0, 0.1) is 5.92 Å². The first kappa shape index (κ1) is 20.9. The third-order valence-corrected chi connectivity index (χ3v) is 8.08. The van der Waals surface area contributed by atoms with Gasteiger partial charge in [-0.05, 0) is 43.0 Å². The number of rotatable bonds is 5. The zero-order valence-corrected chi connectivity index (χ0v) is 18.0. The van der Waals surface area contributed by atoms with Crippen LogP contribution >= 0.6 is 0 Å². The largest absolute Gasteiger partial charge is 0.368 e. The van der Waals surface area contributed by atoms with Crippen LogP contribution in [-0.2, 0) is 14.8 Å². The van der Waals surface area contributed by atoms with E-state index in [0.717, 1.165) is 39.0 Å². The number of nitrogens with zero attached hydrogens (tertiary/aromatic N) is 3. The van der Waals surface area contributed by atoms with Gasteiger partial charge in [-0.2, -0.15) is 4.31 Å². The number of benzene rings is 2. The van der Waals surface area contributed by atoms with E-state index in [9.17, 15) is 13.2 Å². The lowest BCUT2D eigenvalue weighted by atomic mass is 9.94. The Morgan fingerprint density at radius 1 is 0.800 bits per heavy atom. The lowest BCUT2D eigenvalue weighted by Crippen LogP contribution is -2.49. The summed E-state index contributed by atoms with van der Waals surface area (Å²) in [7, 11) is -3.43. The van der Waals surface area contributed by atoms with Gasteiger partial charge in [0.15, 0.2) is 0 Å². The van der Waals surface area contributed by atoms with Gasteiger partial charge in [-0.1, -0.05) is 36.4 Å². The molecule has 0 N–H and O–H groups in total. The molecule has 4 rings (SSSR count). The lowest BCUT2D eigenvalue weighted by molar-refractivity contribution is -0.132. The predicted octanol–water partition coefficient (Wildman–Crippen LogP) is 2.83. The van der Waals surface area contributed by atoms with Crippen LogP contribution in [0.3, 0.4) is 0 Å². The molecule has 0 bridgehead atoms. The Hall–Kier alpha value is -2.38. The Bertz CT molecular complexity index is 934. The molecule has 0 radical (unpaired) electrons. The van der Waals surface area contributed by atoms with Crippen molar-refractivity contribution in [1.82, 2.24) is 9.21 Å². The minimum atomic E-state index is -3.43. The number of piperazine rings is 1. The fourth-order valence-corrected chi connectivity index (χ4v) is 5.81. The fourth-order valence-electron chi connectivity index (χ4n) is 4.32. The van der Waals surface area contributed by atoms with Gasteiger partial charge in [0.2, 0.25) is 15.9 Å². The summed E-state index contributed by atoms with van der Waals surface area (Å²) >= 11 is 0. The first-order valence-electron chi connectivity index (χ1n) is 10.7. The van der Waals surface area contributed by atoms with E-state index < -0.39 is 10.0 Å². The van der Waals surface area contributed by atoms with Gasteiger partial charge in [0.05, 0.1) is 4.90 Å². The van der Waals surface area contributed by atoms with E-state index in [0.29, 0.717) is 24.4 Å². The van der Waals surface area contributed by atoms with Crippen molar-refractivity contribution in [3.63, 3.8) is 0 Å². The Morgan fingerprint density at radius 2 is 1.37 bits per heavy atom. The van der Waals surface area contributed by atoms with E-state index in [2.05, 4.69) is 17.0 Å². The molecule has 6 nitrogen and oxygen atoms in total. The van der Waals surface area contributed by atoms with Gasteiger partial charge in [0.1, 0.15) is 0 Å². The highest BCUT2D eigenvalue weighted by Crippen LogP contribution is 2.26. The molecule has 0 aliphatic carbocycles. The van der Waals surface area contributed by atoms with Gasteiger partial charge in [0.25, 0.3) is 0 Å². The highest BCUT2D eigenvalue weighted by molar-refractivity contribution is 7.89. The Labute approximate surface area is 179 Å². The van der Waals surface area contributed by atoms with Crippen molar-refractivity contribution in [2.24, 2.45) is 5.92 Å². The number of para-hydroxylation sites is 1. The smallest absolute Gasteiger partial charge is 0.243 e. The third kappa shape index (κ3) is 4.68. The highest BCUT2D eigenvalue weighted by atomic mass is 32.2. The predicted molar refractivity (Wildman–Crippen MR) is 118 cm³/mol. The molecule has 160 valence electrons. The molecule has 0 aromatic heterocycles. The second-order valence-corrected chi connectivity index (χ2v) is 10.0. The van der Waals surface area contributed by atoms with Gasteiger partial charge in [-0.15, -0.1) is 0 Å². The number of anilines is 1. The van der Waals surface area contributed by atoms with Crippen molar-refractivity contribution in [2.45, 2.75) is 24.2 Å². The third-order valence-electron chi connectivity index (χ3n) is 6.17. The maximum Gasteiger partial charge on any atom is 0.243 e. The van der Waals surface area contributed by atoms with Crippen LogP contribution in [-0.4, -0.2) is 62.8 Å². The van der Waals surface area contributed by atoms with Crippen LogP contribution in [0.4, 0.5) is 5.69 Å². The van der Waals surface area contributed by atoms with E-state index in [1.54, 1.807) is 28.6 Å². The zero-order valence-electron chi connectivity index (χ0n) is 17.2. The summed E-state index contributed by atoms with van der Waals surface area (Å²) in [6, 6.07) is 18.9. The molecule has 2 aromatic carbocycles. The molecule has 7 heteroatoms. The summed E-state index contributed by atoms with van der Waals surface area (Å²) in [6.45, 7) is 4.16. The first-order chi connectivity index (χ1) is 14.5. The summed E-state index contributed by atoms with van der Waals surface area (Å²) in [6.07, 6.45) is 1.99. The molecule has 0 spiro atoms. The van der Waals surface area contributed by atoms with E-state index in [-0.39, 0.29) is 11.8 Å². The van der Waals surface area contributed by atoms with Crippen LogP contribution in [0.5, 0.6) is 0 Å². The summed E-state index contributed by atoms with van der Waals surface area (Å²) in [5, 5.41) is 0. The summed E-state index contributed by atoms with van der Waals surface area (Å²) in [4.78, 5) is 17.4. The lowest BCUT2D eigenvalue weighted by Gasteiger charge is -2.37. The molecule has 2 heterocycles. The minimum Gasteiger partial charge on any atom is -0.368 e. The average molecular weight is 428 g/mol.